The fourth-order valence-corrected chi connectivity index (χ4v) is 4.60. The number of rotatable bonds is 3. The molecule has 1 saturated heterocycles. The van der Waals surface area contributed by atoms with Crippen molar-refractivity contribution in [2.45, 2.75) is 23.8 Å². The molecule has 1 unspecified atom stereocenters. The second-order valence-electron chi connectivity index (χ2n) is 6.86. The highest BCUT2D eigenvalue weighted by Gasteiger charge is 2.40. The van der Waals surface area contributed by atoms with Crippen LogP contribution in [0.25, 0.3) is 0 Å². The molecule has 1 atom stereocenters. The van der Waals surface area contributed by atoms with Crippen molar-refractivity contribution in [1.29, 1.82) is 0 Å². The Kier molecular flexibility index (Phi) is 4.23. The molecule has 2 fully saturated rings. The van der Waals surface area contributed by atoms with Gasteiger partial charge >= 0.3 is 5.97 Å². The van der Waals surface area contributed by atoms with Crippen LogP contribution in [-0.2, 0) is 15.6 Å². The maximum absolute atomic E-state index is 15.4. The second-order valence-corrected chi connectivity index (χ2v) is 8.28. The summed E-state index contributed by atoms with van der Waals surface area (Å²) in [4.78, 5) is 16.2. The summed E-state index contributed by atoms with van der Waals surface area (Å²) in [6.45, 7) is 2.37. The standard InChI is InChI=1S/C17H19F2N3O3S/c1-20-4-6-21(7-5-20)15-11(18)8-12-16(14(15)19)22(10-2-3-10)9-13(17(23)24)26(12)25/h8-10H,2-7H2,1H3,(H,23,24). The van der Waals surface area contributed by atoms with Crippen LogP contribution in [0, 0.1) is 11.6 Å². The third-order valence-electron chi connectivity index (χ3n) is 5.02. The van der Waals surface area contributed by atoms with Gasteiger partial charge in [-0.3, -0.25) is 0 Å². The smallest absolute Gasteiger partial charge is 0.346 e. The van der Waals surface area contributed by atoms with Crippen LogP contribution in [0.1, 0.15) is 12.8 Å². The van der Waals surface area contributed by atoms with Gasteiger partial charge in [0.25, 0.3) is 0 Å². The largest absolute Gasteiger partial charge is 0.477 e. The Hall–Kier alpha value is -2.00. The summed E-state index contributed by atoms with van der Waals surface area (Å²) in [6, 6.07) is 0.994. The molecule has 1 N–H and O–H groups in total. The fourth-order valence-electron chi connectivity index (χ4n) is 3.41. The highest BCUT2D eigenvalue weighted by molar-refractivity contribution is 7.90. The first kappa shape index (κ1) is 17.4. The molecule has 1 aliphatic carbocycles. The summed E-state index contributed by atoms with van der Waals surface area (Å²) in [6.07, 6.45) is 2.82. The van der Waals surface area contributed by atoms with Crippen molar-refractivity contribution in [2.75, 3.05) is 43.0 Å². The molecule has 1 saturated carbocycles. The number of likely N-dealkylation sites (N-methyl/N-ethyl adjacent to an activating group) is 1. The topological polar surface area (TPSA) is 64.1 Å². The molecule has 1 aromatic carbocycles. The van der Waals surface area contributed by atoms with Gasteiger partial charge in [-0.2, -0.15) is 0 Å². The van der Waals surface area contributed by atoms with Crippen LogP contribution < -0.4 is 9.80 Å². The van der Waals surface area contributed by atoms with Crippen LogP contribution >= 0.6 is 0 Å². The van der Waals surface area contributed by atoms with Crippen LogP contribution in [0.15, 0.2) is 22.1 Å². The number of carboxylic acid groups (broad SMARTS) is 1. The average molecular weight is 383 g/mol. The number of nitrogens with zero attached hydrogens (tertiary/aromatic N) is 3. The Labute approximate surface area is 152 Å². The highest BCUT2D eigenvalue weighted by atomic mass is 32.2. The summed E-state index contributed by atoms with van der Waals surface area (Å²) in [5.74, 6) is -2.91. The van der Waals surface area contributed by atoms with Gasteiger partial charge in [0.15, 0.2) is 11.6 Å². The number of benzene rings is 1. The van der Waals surface area contributed by atoms with Crippen molar-refractivity contribution < 1.29 is 22.9 Å². The molecule has 9 heteroatoms. The lowest BCUT2D eigenvalue weighted by Gasteiger charge is -2.36. The van der Waals surface area contributed by atoms with Crippen molar-refractivity contribution in [1.82, 2.24) is 4.90 Å². The normalized spacial score (nSPS) is 23.7. The summed E-state index contributed by atoms with van der Waals surface area (Å²) in [5, 5.41) is 9.29. The Morgan fingerprint density at radius 3 is 2.42 bits per heavy atom. The van der Waals surface area contributed by atoms with E-state index in [1.807, 2.05) is 7.05 Å². The van der Waals surface area contributed by atoms with Gasteiger partial charge in [-0.05, 0) is 26.0 Å². The average Bonchev–Trinajstić information content (AvgIpc) is 3.42. The minimum absolute atomic E-state index is 0.0410. The first-order valence-corrected chi connectivity index (χ1v) is 9.64. The third kappa shape index (κ3) is 2.79. The molecule has 6 nitrogen and oxygen atoms in total. The number of anilines is 2. The van der Waals surface area contributed by atoms with Crippen molar-refractivity contribution in [2.24, 2.45) is 0 Å². The lowest BCUT2D eigenvalue weighted by molar-refractivity contribution is -0.131. The first-order valence-electron chi connectivity index (χ1n) is 8.49. The van der Waals surface area contributed by atoms with Gasteiger partial charge in [0, 0.05) is 38.4 Å². The van der Waals surface area contributed by atoms with Crippen LogP contribution in [0.3, 0.4) is 0 Å². The van der Waals surface area contributed by atoms with Gasteiger partial charge in [0.2, 0.25) is 0 Å². The van der Waals surface area contributed by atoms with Gasteiger partial charge in [-0.15, -0.1) is 0 Å². The van der Waals surface area contributed by atoms with Crippen LogP contribution in [0.4, 0.5) is 20.2 Å². The lowest BCUT2D eigenvalue weighted by atomic mass is 10.1. The zero-order valence-corrected chi connectivity index (χ0v) is 15.1. The molecule has 0 spiro atoms. The third-order valence-corrected chi connectivity index (χ3v) is 6.41. The molecule has 0 bridgehead atoms. The van der Waals surface area contributed by atoms with E-state index in [1.165, 1.54) is 11.1 Å². The molecule has 3 aliphatic rings. The first-order chi connectivity index (χ1) is 12.4. The van der Waals surface area contributed by atoms with Crippen molar-refractivity contribution >= 4 is 28.1 Å². The minimum Gasteiger partial charge on any atom is -0.477 e. The van der Waals surface area contributed by atoms with Gasteiger partial charge in [0.1, 0.15) is 10.6 Å². The van der Waals surface area contributed by atoms with Crippen LogP contribution in [0.2, 0.25) is 0 Å². The zero-order chi connectivity index (χ0) is 18.6. The molecule has 0 radical (unpaired) electrons. The van der Waals surface area contributed by atoms with Gasteiger partial charge in [0.05, 0.1) is 21.4 Å². The number of fused-ring (bicyclic) bond motifs is 1. The molecular formula is C17H19F2N3O3S. The van der Waals surface area contributed by atoms with Crippen molar-refractivity contribution in [3.63, 3.8) is 0 Å². The Morgan fingerprint density at radius 2 is 1.85 bits per heavy atom. The van der Waals surface area contributed by atoms with E-state index in [9.17, 15) is 18.5 Å². The number of halogens is 2. The summed E-state index contributed by atoms with van der Waals surface area (Å²) < 4.78 is 42.7. The predicted molar refractivity (Wildman–Crippen MR) is 93.7 cm³/mol. The zero-order valence-electron chi connectivity index (χ0n) is 14.2. The lowest BCUT2D eigenvalue weighted by Crippen LogP contribution is -2.45. The van der Waals surface area contributed by atoms with E-state index in [4.69, 9.17) is 0 Å². The van der Waals surface area contributed by atoms with Gasteiger partial charge in [-0.1, -0.05) is 0 Å². The van der Waals surface area contributed by atoms with E-state index in [0.717, 1.165) is 18.9 Å². The molecule has 4 rings (SSSR count). The summed E-state index contributed by atoms with van der Waals surface area (Å²) >= 11 is 0. The van der Waals surface area contributed by atoms with E-state index >= 15 is 4.39 Å². The number of carboxylic acids is 1. The van der Waals surface area contributed by atoms with E-state index in [-0.39, 0.29) is 27.2 Å². The van der Waals surface area contributed by atoms with Crippen LogP contribution in [-0.4, -0.2) is 59.5 Å². The molecule has 140 valence electrons. The molecule has 2 heterocycles. The van der Waals surface area contributed by atoms with E-state index in [1.54, 1.807) is 4.90 Å². The number of hydrogen-bond donors (Lipinski definition) is 1. The minimum atomic E-state index is -2.12. The molecular weight excluding hydrogens is 364 g/mol. The predicted octanol–water partition coefficient (Wildman–Crippen LogP) is 1.73. The fraction of sp³-hybridized carbons (Fsp3) is 0.471. The van der Waals surface area contributed by atoms with Crippen molar-refractivity contribution in [3.05, 3.63) is 28.8 Å². The molecule has 0 aromatic heterocycles. The van der Waals surface area contributed by atoms with Crippen molar-refractivity contribution in [3.8, 4) is 0 Å². The Bertz CT molecular complexity index is 833. The maximum Gasteiger partial charge on any atom is 0.346 e. The highest BCUT2D eigenvalue weighted by Crippen LogP contribution is 2.45. The maximum atomic E-state index is 15.4. The quantitative estimate of drug-likeness (QED) is 0.858. The Morgan fingerprint density at radius 1 is 1.19 bits per heavy atom. The van der Waals surface area contributed by atoms with E-state index in [2.05, 4.69) is 4.90 Å². The van der Waals surface area contributed by atoms with Crippen LogP contribution in [0.5, 0.6) is 0 Å². The van der Waals surface area contributed by atoms with Gasteiger partial charge < -0.3 is 19.8 Å². The van der Waals surface area contributed by atoms with E-state index in [0.29, 0.717) is 26.2 Å². The number of piperazine rings is 1. The number of hydrogen-bond acceptors (Lipinski definition) is 5. The number of carbonyl (C=O) groups is 1. The SMILES string of the molecule is CN1CCN(c2c(F)cc3c(c2F)N(C2CC2)C=C(C(=O)O)S3=O)CC1. The second kappa shape index (κ2) is 6.31. The summed E-state index contributed by atoms with van der Waals surface area (Å²) in [7, 11) is -0.167. The monoisotopic (exact) mass is 383 g/mol. The molecule has 1 aromatic rings. The Balaban J connectivity index is 1.83. The summed E-state index contributed by atoms with van der Waals surface area (Å²) in [5.41, 5.74) is -0.0714. The molecule has 2 aliphatic heterocycles. The van der Waals surface area contributed by atoms with Gasteiger partial charge in [-0.25, -0.2) is 17.8 Å². The molecule has 26 heavy (non-hydrogen) atoms. The van der Waals surface area contributed by atoms with E-state index < -0.39 is 28.4 Å². The molecule has 0 amide bonds. The number of aliphatic carboxylic acids is 1.